The summed E-state index contributed by atoms with van der Waals surface area (Å²) in [4.78, 5) is 10.5. The summed E-state index contributed by atoms with van der Waals surface area (Å²) in [5, 5.41) is 39.8. The van der Waals surface area contributed by atoms with E-state index in [1.54, 1.807) is 24.3 Å². The summed E-state index contributed by atoms with van der Waals surface area (Å²) in [6, 6.07) is 6.96. The number of carbonyl (C=O) groups is 1. The van der Waals surface area contributed by atoms with Gasteiger partial charge in [-0.3, -0.25) is 4.79 Å². The molecule has 1 fully saturated rings. The van der Waals surface area contributed by atoms with Crippen molar-refractivity contribution in [3.05, 3.63) is 41.4 Å². The highest BCUT2D eigenvalue weighted by atomic mass is 35.5. The third-order valence-electron chi connectivity index (χ3n) is 4.83. The van der Waals surface area contributed by atoms with Gasteiger partial charge < -0.3 is 25.2 Å². The normalized spacial score (nSPS) is 25.4. The van der Waals surface area contributed by atoms with Gasteiger partial charge in [-0.2, -0.15) is 11.8 Å². The van der Waals surface area contributed by atoms with Crippen molar-refractivity contribution >= 4 is 29.3 Å². The van der Waals surface area contributed by atoms with Gasteiger partial charge in [-0.1, -0.05) is 29.8 Å². The molecular weight excluding hydrogens is 416 g/mol. The van der Waals surface area contributed by atoms with Crippen LogP contribution < -0.4 is 4.74 Å². The lowest BCUT2D eigenvalue weighted by Gasteiger charge is -2.23. The number of rotatable bonds is 12. The van der Waals surface area contributed by atoms with Gasteiger partial charge in [-0.25, -0.2) is 0 Å². The first-order valence-electron chi connectivity index (χ1n) is 9.77. The van der Waals surface area contributed by atoms with Crippen LogP contribution in [0.1, 0.15) is 32.1 Å². The molecule has 1 aromatic rings. The molecule has 0 radical (unpaired) electrons. The van der Waals surface area contributed by atoms with E-state index >= 15 is 0 Å². The predicted molar refractivity (Wildman–Crippen MR) is 115 cm³/mol. The fraction of sp³-hybridized carbons (Fsp3) is 0.571. The van der Waals surface area contributed by atoms with Crippen molar-refractivity contribution in [3.8, 4) is 5.75 Å². The molecule has 0 aliphatic heterocycles. The minimum Gasteiger partial charge on any atom is -0.491 e. The van der Waals surface area contributed by atoms with Gasteiger partial charge in [0.1, 0.15) is 12.4 Å². The number of aliphatic hydroxyl groups excluding tert-OH is 3. The van der Waals surface area contributed by atoms with E-state index in [2.05, 4.69) is 0 Å². The molecule has 1 aliphatic carbocycles. The molecule has 0 spiro atoms. The van der Waals surface area contributed by atoms with Gasteiger partial charge in [0.05, 0.1) is 18.3 Å². The molecule has 2 rings (SSSR count). The molecule has 0 heterocycles. The number of hydrogen-bond acceptors (Lipinski definition) is 6. The van der Waals surface area contributed by atoms with Gasteiger partial charge in [-0.15, -0.1) is 0 Å². The number of aliphatic carboxylic acids is 1. The third-order valence-corrected chi connectivity index (χ3v) is 6.70. The van der Waals surface area contributed by atoms with Crippen LogP contribution in [0.4, 0.5) is 0 Å². The minimum atomic E-state index is -0.804. The van der Waals surface area contributed by atoms with Crippen molar-refractivity contribution in [2.75, 3.05) is 12.4 Å². The fourth-order valence-corrected chi connectivity index (χ4v) is 4.94. The molecule has 0 aromatic heterocycles. The van der Waals surface area contributed by atoms with Crippen molar-refractivity contribution in [1.29, 1.82) is 0 Å². The Bertz CT molecular complexity index is 670. The Morgan fingerprint density at radius 1 is 1.31 bits per heavy atom. The molecule has 0 bridgehead atoms. The molecule has 29 heavy (non-hydrogen) atoms. The number of hydrogen-bond donors (Lipinski definition) is 4. The van der Waals surface area contributed by atoms with Gasteiger partial charge in [0.2, 0.25) is 0 Å². The summed E-state index contributed by atoms with van der Waals surface area (Å²) in [6.07, 6.45) is 4.28. The molecule has 6 nitrogen and oxygen atoms in total. The maximum absolute atomic E-state index is 10.5. The molecule has 4 N–H and O–H groups in total. The number of halogens is 1. The molecule has 0 saturated heterocycles. The van der Waals surface area contributed by atoms with Crippen molar-refractivity contribution < 1.29 is 30.0 Å². The maximum Gasteiger partial charge on any atom is 0.303 e. The Morgan fingerprint density at radius 2 is 2.10 bits per heavy atom. The largest absolute Gasteiger partial charge is 0.491 e. The van der Waals surface area contributed by atoms with Gasteiger partial charge in [0.25, 0.3) is 0 Å². The van der Waals surface area contributed by atoms with Crippen LogP contribution in [-0.2, 0) is 4.79 Å². The van der Waals surface area contributed by atoms with Crippen LogP contribution in [0, 0.1) is 5.92 Å². The highest BCUT2D eigenvalue weighted by Gasteiger charge is 2.41. The van der Waals surface area contributed by atoms with Crippen LogP contribution in [0.2, 0.25) is 5.02 Å². The first-order chi connectivity index (χ1) is 13.9. The number of carboxylic acids is 1. The number of benzene rings is 1. The maximum atomic E-state index is 10.5. The van der Waals surface area contributed by atoms with Gasteiger partial charge >= 0.3 is 5.97 Å². The van der Waals surface area contributed by atoms with E-state index < -0.39 is 24.3 Å². The Hall–Kier alpha value is -1.25. The lowest BCUT2D eigenvalue weighted by Crippen LogP contribution is -2.28. The average molecular weight is 445 g/mol. The SMILES string of the molecule is O=C(O)CCCC=CCC1C(O)CC(O)C1SCC(O)COc1cccc(Cl)c1. The van der Waals surface area contributed by atoms with Crippen LogP contribution >= 0.6 is 23.4 Å². The standard InChI is InChI=1S/C21H29ClO6S/c22-14-6-5-7-16(10-14)28-12-15(23)13-29-21-17(18(24)11-19(21)25)8-3-1-2-4-9-20(26)27/h1,3,5-7,10,15,17-19,21,23-25H,2,4,8-9,11-13H2,(H,26,27). The van der Waals surface area contributed by atoms with Crippen LogP contribution in [-0.4, -0.2) is 62.3 Å². The first-order valence-corrected chi connectivity index (χ1v) is 11.2. The number of aliphatic hydroxyl groups is 3. The van der Waals surface area contributed by atoms with Crippen molar-refractivity contribution in [2.45, 2.75) is 55.7 Å². The molecular formula is C21H29ClO6S. The Morgan fingerprint density at radius 3 is 2.83 bits per heavy atom. The number of unbranched alkanes of at least 4 members (excludes halogenated alkanes) is 1. The quantitative estimate of drug-likeness (QED) is 0.290. The molecule has 1 aliphatic rings. The second kappa shape index (κ2) is 12.4. The lowest BCUT2D eigenvalue weighted by molar-refractivity contribution is -0.137. The zero-order valence-electron chi connectivity index (χ0n) is 16.2. The number of allylic oxidation sites excluding steroid dienone is 2. The molecule has 5 atom stereocenters. The summed E-state index contributed by atoms with van der Waals surface area (Å²) in [5.41, 5.74) is 0. The van der Waals surface area contributed by atoms with Gasteiger partial charge in [0.15, 0.2) is 0 Å². The molecule has 8 heteroatoms. The fourth-order valence-electron chi connectivity index (χ4n) is 3.35. The summed E-state index contributed by atoms with van der Waals surface area (Å²) in [5.74, 6) is 0.0612. The zero-order chi connectivity index (χ0) is 21.2. The highest BCUT2D eigenvalue weighted by Crippen LogP contribution is 2.38. The highest BCUT2D eigenvalue weighted by molar-refractivity contribution is 8.00. The average Bonchev–Trinajstić information content (AvgIpc) is 2.93. The minimum absolute atomic E-state index is 0.105. The predicted octanol–water partition coefficient (Wildman–Crippen LogP) is 3.12. The van der Waals surface area contributed by atoms with Crippen molar-refractivity contribution in [1.82, 2.24) is 0 Å². The monoisotopic (exact) mass is 444 g/mol. The summed E-state index contributed by atoms with van der Waals surface area (Å²) < 4.78 is 5.55. The topological polar surface area (TPSA) is 107 Å². The lowest BCUT2D eigenvalue weighted by atomic mass is 10.0. The number of thioether (sulfide) groups is 1. The van der Waals surface area contributed by atoms with E-state index in [1.165, 1.54) is 11.8 Å². The molecule has 1 aromatic carbocycles. The first kappa shape index (κ1) is 24.0. The number of carboxylic acid groups (broad SMARTS) is 1. The van der Waals surface area contributed by atoms with Crippen molar-refractivity contribution in [2.24, 2.45) is 5.92 Å². The van der Waals surface area contributed by atoms with E-state index in [1.807, 2.05) is 12.2 Å². The second-order valence-electron chi connectivity index (χ2n) is 7.25. The zero-order valence-corrected chi connectivity index (χ0v) is 17.8. The van der Waals surface area contributed by atoms with E-state index in [9.17, 15) is 20.1 Å². The van der Waals surface area contributed by atoms with Crippen LogP contribution in [0.3, 0.4) is 0 Å². The summed E-state index contributed by atoms with van der Waals surface area (Å²) in [6.45, 7) is 0.118. The Balaban J connectivity index is 1.75. The number of ether oxygens (including phenoxy) is 1. The second-order valence-corrected chi connectivity index (χ2v) is 8.89. The smallest absolute Gasteiger partial charge is 0.303 e. The Kier molecular flexibility index (Phi) is 10.3. The van der Waals surface area contributed by atoms with Crippen molar-refractivity contribution in [3.63, 3.8) is 0 Å². The molecule has 1 saturated carbocycles. The molecule has 162 valence electrons. The van der Waals surface area contributed by atoms with Gasteiger partial charge in [-0.05, 0) is 37.5 Å². The summed E-state index contributed by atoms with van der Waals surface area (Å²) >= 11 is 7.35. The molecule has 0 amide bonds. The van der Waals surface area contributed by atoms with Crippen LogP contribution in [0.5, 0.6) is 5.75 Å². The van der Waals surface area contributed by atoms with Crippen LogP contribution in [0.25, 0.3) is 0 Å². The molecule has 5 unspecified atom stereocenters. The summed E-state index contributed by atoms with van der Waals surface area (Å²) in [7, 11) is 0. The van der Waals surface area contributed by atoms with E-state index in [4.69, 9.17) is 21.4 Å². The van der Waals surface area contributed by atoms with E-state index in [0.29, 0.717) is 42.2 Å². The van der Waals surface area contributed by atoms with Gasteiger partial charge in [0, 0.05) is 34.8 Å². The Labute approximate surface area is 180 Å². The third kappa shape index (κ3) is 8.56. The van der Waals surface area contributed by atoms with E-state index in [0.717, 1.165) is 0 Å². The van der Waals surface area contributed by atoms with E-state index in [-0.39, 0.29) is 24.2 Å². The van der Waals surface area contributed by atoms with Crippen LogP contribution in [0.15, 0.2) is 36.4 Å².